The van der Waals surface area contributed by atoms with Crippen LogP contribution in [0, 0.1) is 0 Å². The smallest absolute Gasteiger partial charge is 0.407 e. The number of hydrogen-bond acceptors (Lipinski definition) is 6. The van der Waals surface area contributed by atoms with Crippen LogP contribution in [-0.4, -0.2) is 77.2 Å². The zero-order valence-electron chi connectivity index (χ0n) is 37.7. The Hall–Kier alpha value is -3.30. The summed E-state index contributed by atoms with van der Waals surface area (Å²) < 4.78 is 11.1. The van der Waals surface area contributed by atoms with Gasteiger partial charge in [0.05, 0.1) is 6.42 Å². The van der Waals surface area contributed by atoms with Crippen LogP contribution < -0.4 is 10.6 Å². The number of esters is 1. The first-order valence-corrected chi connectivity index (χ1v) is 22.7. The Bertz CT molecular complexity index is 1190. The number of nitrogens with zero attached hydrogens (tertiary/aromatic N) is 2. The van der Waals surface area contributed by atoms with Crippen molar-refractivity contribution < 1.29 is 28.7 Å². The van der Waals surface area contributed by atoms with Gasteiger partial charge in [-0.05, 0) is 72.8 Å². The third-order valence-electron chi connectivity index (χ3n) is 9.88. The topological polar surface area (TPSA) is 117 Å². The summed E-state index contributed by atoms with van der Waals surface area (Å²) in [6.45, 7) is 17.9. The van der Waals surface area contributed by atoms with E-state index in [2.05, 4.69) is 24.5 Å². The molecule has 0 bridgehead atoms. The molecule has 1 atom stereocenters. The van der Waals surface area contributed by atoms with E-state index in [1.165, 1.54) is 64.2 Å². The number of rotatable bonds is 31. The Morgan fingerprint density at radius 3 is 1.60 bits per heavy atom. The molecule has 1 aromatic carbocycles. The molecular formula is C47H84N4O6. The van der Waals surface area contributed by atoms with Crippen molar-refractivity contribution in [3.05, 3.63) is 35.9 Å². The molecule has 0 aromatic heterocycles. The summed E-state index contributed by atoms with van der Waals surface area (Å²) in [6.07, 6.45) is 21.0. The lowest BCUT2D eigenvalue weighted by molar-refractivity contribution is -0.150. The van der Waals surface area contributed by atoms with Crippen LogP contribution in [0.25, 0.3) is 0 Å². The molecule has 1 rings (SSSR count). The molecule has 0 spiro atoms. The van der Waals surface area contributed by atoms with E-state index in [0.717, 1.165) is 63.4 Å². The summed E-state index contributed by atoms with van der Waals surface area (Å²) >= 11 is 0. The van der Waals surface area contributed by atoms with E-state index < -0.39 is 29.2 Å². The van der Waals surface area contributed by atoms with E-state index in [9.17, 15) is 19.2 Å². The third-order valence-corrected chi connectivity index (χ3v) is 9.88. The molecule has 328 valence electrons. The molecule has 0 heterocycles. The molecule has 0 aliphatic heterocycles. The molecule has 0 saturated carbocycles. The first-order chi connectivity index (χ1) is 27.2. The molecule has 0 aliphatic rings. The van der Waals surface area contributed by atoms with Gasteiger partial charge in [-0.2, -0.15) is 0 Å². The number of ether oxygens (including phenoxy) is 2. The molecule has 10 nitrogen and oxygen atoms in total. The monoisotopic (exact) mass is 801 g/mol. The number of hydrogen-bond donors (Lipinski definition) is 2. The minimum Gasteiger partial charge on any atom is -0.461 e. The quantitative estimate of drug-likeness (QED) is 0.0570. The minimum atomic E-state index is -0.993. The SMILES string of the molecule is CCCCCCCCCCN(CCCCCCCCCC)C(=O)C(CC(=O)OCc1ccccc1)N(CCCCCCNC(=O)OC(C)(C)C)C(=O)NC(C)(C)C. The van der Waals surface area contributed by atoms with Gasteiger partial charge in [0.2, 0.25) is 5.91 Å². The van der Waals surface area contributed by atoms with Crippen LogP contribution in [0.5, 0.6) is 0 Å². The molecule has 0 fully saturated rings. The van der Waals surface area contributed by atoms with Gasteiger partial charge in [-0.1, -0.05) is 147 Å². The van der Waals surface area contributed by atoms with Crippen molar-refractivity contribution in [1.82, 2.24) is 20.4 Å². The molecular weight excluding hydrogens is 717 g/mol. The lowest BCUT2D eigenvalue weighted by Crippen LogP contribution is -2.57. The van der Waals surface area contributed by atoms with Crippen molar-refractivity contribution in [2.24, 2.45) is 0 Å². The molecule has 1 aromatic rings. The Labute approximate surface area is 348 Å². The molecule has 0 aliphatic carbocycles. The summed E-state index contributed by atoms with van der Waals surface area (Å²) in [6, 6.07) is 8.16. The van der Waals surface area contributed by atoms with Gasteiger partial charge in [-0.15, -0.1) is 0 Å². The molecule has 1 unspecified atom stereocenters. The molecule has 2 N–H and O–H groups in total. The van der Waals surface area contributed by atoms with Gasteiger partial charge >= 0.3 is 18.1 Å². The lowest BCUT2D eigenvalue weighted by atomic mass is 10.1. The highest BCUT2D eigenvalue weighted by Crippen LogP contribution is 2.19. The zero-order valence-corrected chi connectivity index (χ0v) is 37.7. The van der Waals surface area contributed by atoms with Crippen LogP contribution in [0.1, 0.15) is 196 Å². The molecule has 57 heavy (non-hydrogen) atoms. The number of amides is 4. The van der Waals surface area contributed by atoms with E-state index >= 15 is 0 Å². The Balaban J connectivity index is 3.21. The average molecular weight is 801 g/mol. The standard InChI is InChI=1S/C47H84N4O6/c1-9-11-13-15-17-19-22-29-35-50(36-30-23-20-18-16-14-12-10-2)43(53)41(38-42(52)56-39-40-32-26-25-27-33-40)51(44(54)49-46(3,4)5)37-31-24-21-28-34-48-45(55)57-47(6,7)8/h25-27,32-33,41H,9-24,28-31,34-39H2,1-8H3,(H,48,55)(H,49,54). The highest BCUT2D eigenvalue weighted by atomic mass is 16.6. The van der Waals surface area contributed by atoms with Crippen LogP contribution >= 0.6 is 0 Å². The maximum atomic E-state index is 14.8. The summed E-state index contributed by atoms with van der Waals surface area (Å²) in [4.78, 5) is 58.1. The highest BCUT2D eigenvalue weighted by Gasteiger charge is 2.36. The van der Waals surface area contributed by atoms with Crippen molar-refractivity contribution in [2.45, 2.75) is 214 Å². The van der Waals surface area contributed by atoms with Gasteiger partial charge < -0.3 is 29.9 Å². The van der Waals surface area contributed by atoms with Crippen LogP contribution in [0.4, 0.5) is 9.59 Å². The third kappa shape index (κ3) is 27.9. The molecule has 0 saturated heterocycles. The van der Waals surface area contributed by atoms with Crippen molar-refractivity contribution in [2.75, 3.05) is 26.2 Å². The molecule has 0 radical (unpaired) electrons. The number of alkyl carbamates (subject to hydrolysis) is 1. The first-order valence-electron chi connectivity index (χ1n) is 22.7. The predicted octanol–water partition coefficient (Wildman–Crippen LogP) is 11.5. The number of unbranched alkanes of at least 4 members (excludes halogenated alkanes) is 17. The van der Waals surface area contributed by atoms with E-state index in [1.54, 1.807) is 4.90 Å². The number of carbonyl (C=O) groups is 4. The van der Waals surface area contributed by atoms with Crippen LogP contribution in [0.15, 0.2) is 30.3 Å². The molecule has 4 amide bonds. The van der Waals surface area contributed by atoms with E-state index in [-0.39, 0.29) is 25.0 Å². The van der Waals surface area contributed by atoms with Gasteiger partial charge in [0.1, 0.15) is 18.2 Å². The minimum absolute atomic E-state index is 0.104. The van der Waals surface area contributed by atoms with Gasteiger partial charge in [0.15, 0.2) is 0 Å². The fourth-order valence-corrected chi connectivity index (χ4v) is 6.76. The second-order valence-corrected chi connectivity index (χ2v) is 17.9. The maximum Gasteiger partial charge on any atom is 0.407 e. The van der Waals surface area contributed by atoms with Gasteiger partial charge in [-0.3, -0.25) is 9.59 Å². The lowest BCUT2D eigenvalue weighted by Gasteiger charge is -2.36. The first kappa shape index (κ1) is 51.7. The van der Waals surface area contributed by atoms with Crippen molar-refractivity contribution in [1.29, 1.82) is 0 Å². The van der Waals surface area contributed by atoms with Gasteiger partial charge in [0.25, 0.3) is 0 Å². The summed E-state index contributed by atoms with van der Waals surface area (Å²) in [5, 5.41) is 5.89. The Morgan fingerprint density at radius 1 is 0.632 bits per heavy atom. The second kappa shape index (κ2) is 30.7. The van der Waals surface area contributed by atoms with Crippen molar-refractivity contribution in [3.8, 4) is 0 Å². The summed E-state index contributed by atoms with van der Waals surface area (Å²) in [5.74, 6) is -0.679. The number of nitrogens with one attached hydrogen (secondary N) is 2. The van der Waals surface area contributed by atoms with Crippen molar-refractivity contribution in [3.63, 3.8) is 0 Å². The van der Waals surface area contributed by atoms with Gasteiger partial charge in [0, 0.05) is 31.7 Å². The Morgan fingerprint density at radius 2 is 1.11 bits per heavy atom. The zero-order chi connectivity index (χ0) is 42.4. The summed E-state index contributed by atoms with van der Waals surface area (Å²) in [7, 11) is 0. The van der Waals surface area contributed by atoms with E-state index in [4.69, 9.17) is 9.47 Å². The van der Waals surface area contributed by atoms with Crippen LogP contribution in [0.3, 0.4) is 0 Å². The fraction of sp³-hybridized carbons (Fsp3) is 0.787. The van der Waals surface area contributed by atoms with Crippen molar-refractivity contribution >= 4 is 24.0 Å². The van der Waals surface area contributed by atoms with E-state index in [1.807, 2.05) is 76.8 Å². The van der Waals surface area contributed by atoms with Gasteiger partial charge in [-0.25, -0.2) is 9.59 Å². The second-order valence-electron chi connectivity index (χ2n) is 17.9. The maximum absolute atomic E-state index is 14.8. The van der Waals surface area contributed by atoms with E-state index in [0.29, 0.717) is 32.6 Å². The average Bonchev–Trinajstić information content (AvgIpc) is 3.14. The number of urea groups is 1. The van der Waals surface area contributed by atoms with Crippen LogP contribution in [-0.2, 0) is 25.7 Å². The highest BCUT2D eigenvalue weighted by molar-refractivity contribution is 5.90. The molecule has 10 heteroatoms. The normalized spacial score (nSPS) is 12.1. The predicted molar refractivity (Wildman–Crippen MR) is 234 cm³/mol. The number of benzene rings is 1. The number of carbonyl (C=O) groups excluding carboxylic acids is 4. The largest absolute Gasteiger partial charge is 0.461 e. The van der Waals surface area contributed by atoms with Crippen LogP contribution in [0.2, 0.25) is 0 Å². The fourth-order valence-electron chi connectivity index (χ4n) is 6.76. The summed E-state index contributed by atoms with van der Waals surface area (Å²) in [5.41, 5.74) is -0.235. The Kier molecular flexibility index (Phi) is 27.9.